The van der Waals surface area contributed by atoms with Crippen LogP contribution in [-0.2, 0) is 16.1 Å². The zero-order chi connectivity index (χ0) is 20.4. The maximum absolute atomic E-state index is 12.9. The summed E-state index contributed by atoms with van der Waals surface area (Å²) < 4.78 is 5.65. The van der Waals surface area contributed by atoms with E-state index in [-0.39, 0.29) is 11.8 Å². The molecule has 0 aliphatic heterocycles. The summed E-state index contributed by atoms with van der Waals surface area (Å²) in [7, 11) is 0. The van der Waals surface area contributed by atoms with Gasteiger partial charge in [-0.15, -0.1) is 0 Å². The molecule has 0 radical (unpaired) electrons. The van der Waals surface area contributed by atoms with Crippen molar-refractivity contribution in [2.75, 3.05) is 13.2 Å². The Morgan fingerprint density at radius 3 is 2.57 bits per heavy atom. The van der Waals surface area contributed by atoms with Crippen molar-refractivity contribution in [2.24, 2.45) is 0 Å². The van der Waals surface area contributed by atoms with Gasteiger partial charge in [0.25, 0.3) is 0 Å². The number of likely N-dealkylation sites (N-methyl/N-ethyl adjacent to an activating group) is 1. The molecular weight excluding hydrogens is 376 g/mol. The second-order valence-electron chi connectivity index (χ2n) is 6.49. The molecule has 0 spiro atoms. The van der Waals surface area contributed by atoms with E-state index in [1.165, 1.54) is 0 Å². The van der Waals surface area contributed by atoms with E-state index in [0.29, 0.717) is 37.6 Å². The third-order valence-corrected chi connectivity index (χ3v) is 4.54. The Bertz CT molecular complexity index is 767. The van der Waals surface area contributed by atoms with Crippen LogP contribution < -0.4 is 10.1 Å². The number of hydrogen-bond donors (Lipinski definition) is 1. The van der Waals surface area contributed by atoms with Gasteiger partial charge in [0.15, 0.2) is 0 Å². The van der Waals surface area contributed by atoms with Crippen LogP contribution in [0.5, 0.6) is 5.75 Å². The lowest BCUT2D eigenvalue weighted by molar-refractivity contribution is -0.140. The second kappa shape index (κ2) is 11.3. The summed E-state index contributed by atoms with van der Waals surface area (Å²) in [6.45, 7) is 4.89. The molecule has 2 aromatic carbocycles. The fraction of sp³-hybridized carbons (Fsp3) is 0.364. The molecule has 2 rings (SSSR count). The van der Waals surface area contributed by atoms with Gasteiger partial charge in [-0.3, -0.25) is 9.59 Å². The molecule has 2 aromatic rings. The topological polar surface area (TPSA) is 58.6 Å². The number of nitrogens with zero attached hydrogens (tertiary/aromatic N) is 1. The first kappa shape index (κ1) is 21.8. The Labute approximate surface area is 171 Å². The third-order valence-electron chi connectivity index (χ3n) is 4.31. The highest BCUT2D eigenvalue weighted by atomic mass is 35.5. The van der Waals surface area contributed by atoms with Gasteiger partial charge in [-0.1, -0.05) is 41.9 Å². The number of rotatable bonds is 10. The van der Waals surface area contributed by atoms with E-state index in [9.17, 15) is 9.59 Å². The summed E-state index contributed by atoms with van der Waals surface area (Å²) >= 11 is 6.06. The van der Waals surface area contributed by atoms with E-state index >= 15 is 0 Å². The molecule has 1 unspecified atom stereocenters. The van der Waals surface area contributed by atoms with Crippen molar-refractivity contribution in [3.8, 4) is 5.75 Å². The van der Waals surface area contributed by atoms with E-state index in [2.05, 4.69) is 5.32 Å². The minimum Gasteiger partial charge on any atom is -0.494 e. The van der Waals surface area contributed by atoms with E-state index in [0.717, 1.165) is 11.3 Å². The molecule has 0 aromatic heterocycles. The molecule has 1 atom stereocenters. The number of carbonyl (C=O) groups is 2. The number of nitrogens with one attached hydrogen (secondary N) is 1. The molecule has 0 saturated carbocycles. The average molecular weight is 403 g/mol. The Balaban J connectivity index is 1.98. The maximum atomic E-state index is 12.9. The summed E-state index contributed by atoms with van der Waals surface area (Å²) in [6.07, 6.45) is 0.874. The SMILES string of the molecule is CCNC(=O)C(C)N(Cc1cccc(Cl)c1)C(=O)CCCOc1ccccc1. The molecule has 0 heterocycles. The minimum absolute atomic E-state index is 0.0876. The van der Waals surface area contributed by atoms with Gasteiger partial charge < -0.3 is 15.0 Å². The summed E-state index contributed by atoms with van der Waals surface area (Å²) in [5, 5.41) is 3.39. The first-order valence-electron chi connectivity index (χ1n) is 9.50. The molecule has 1 N–H and O–H groups in total. The lowest BCUT2D eigenvalue weighted by Gasteiger charge is -2.29. The number of hydrogen-bond acceptors (Lipinski definition) is 3. The van der Waals surface area contributed by atoms with Crippen molar-refractivity contribution in [1.29, 1.82) is 0 Å². The Morgan fingerprint density at radius 1 is 1.14 bits per heavy atom. The predicted molar refractivity (Wildman–Crippen MR) is 111 cm³/mol. The smallest absolute Gasteiger partial charge is 0.242 e. The van der Waals surface area contributed by atoms with Crippen LogP contribution in [0.25, 0.3) is 0 Å². The fourth-order valence-electron chi connectivity index (χ4n) is 2.81. The van der Waals surface area contributed by atoms with E-state index in [1.54, 1.807) is 17.9 Å². The molecule has 150 valence electrons. The number of para-hydroxylation sites is 1. The number of ether oxygens (including phenoxy) is 1. The molecule has 2 amide bonds. The van der Waals surface area contributed by atoms with Gasteiger partial charge in [-0.25, -0.2) is 0 Å². The lowest BCUT2D eigenvalue weighted by Crippen LogP contribution is -2.47. The van der Waals surface area contributed by atoms with Crippen molar-refractivity contribution in [3.63, 3.8) is 0 Å². The van der Waals surface area contributed by atoms with Crippen molar-refractivity contribution in [1.82, 2.24) is 10.2 Å². The van der Waals surface area contributed by atoms with Gasteiger partial charge in [-0.05, 0) is 50.1 Å². The minimum atomic E-state index is -0.568. The average Bonchev–Trinajstić information content (AvgIpc) is 2.70. The van der Waals surface area contributed by atoms with Crippen LogP contribution in [-0.4, -0.2) is 35.9 Å². The molecular formula is C22H27ClN2O3. The van der Waals surface area contributed by atoms with E-state index in [4.69, 9.17) is 16.3 Å². The van der Waals surface area contributed by atoms with Gasteiger partial charge in [0.05, 0.1) is 6.61 Å². The summed E-state index contributed by atoms with van der Waals surface area (Å²) in [5.74, 6) is 0.523. The van der Waals surface area contributed by atoms with Gasteiger partial charge in [-0.2, -0.15) is 0 Å². The van der Waals surface area contributed by atoms with Gasteiger partial charge in [0, 0.05) is 24.5 Å². The Hall–Kier alpha value is -2.53. The fourth-order valence-corrected chi connectivity index (χ4v) is 3.02. The van der Waals surface area contributed by atoms with Crippen LogP contribution in [0.15, 0.2) is 54.6 Å². The van der Waals surface area contributed by atoms with Crippen LogP contribution in [0, 0.1) is 0 Å². The first-order chi connectivity index (χ1) is 13.5. The standard InChI is InChI=1S/C22H27ClN2O3/c1-3-24-22(27)17(2)25(16-18-9-7-10-19(23)15-18)21(26)13-8-14-28-20-11-5-4-6-12-20/h4-7,9-12,15,17H,3,8,13-14,16H2,1-2H3,(H,24,27). The molecule has 5 nitrogen and oxygen atoms in total. The van der Waals surface area contributed by atoms with Crippen molar-refractivity contribution in [3.05, 3.63) is 65.2 Å². The number of carbonyl (C=O) groups excluding carboxylic acids is 2. The van der Waals surface area contributed by atoms with Crippen LogP contribution >= 0.6 is 11.6 Å². The lowest BCUT2D eigenvalue weighted by atomic mass is 10.1. The summed E-state index contributed by atoms with van der Waals surface area (Å²) in [6, 6.07) is 16.3. The van der Waals surface area contributed by atoms with Crippen molar-refractivity contribution >= 4 is 23.4 Å². The monoisotopic (exact) mass is 402 g/mol. The van der Waals surface area contributed by atoms with E-state index in [1.807, 2.05) is 55.5 Å². The van der Waals surface area contributed by atoms with Crippen LogP contribution in [0.2, 0.25) is 5.02 Å². The summed E-state index contributed by atoms with van der Waals surface area (Å²) in [4.78, 5) is 26.8. The van der Waals surface area contributed by atoms with Crippen molar-refractivity contribution in [2.45, 2.75) is 39.3 Å². The molecule has 6 heteroatoms. The number of benzene rings is 2. The zero-order valence-corrected chi connectivity index (χ0v) is 17.1. The highest BCUT2D eigenvalue weighted by molar-refractivity contribution is 6.30. The first-order valence-corrected chi connectivity index (χ1v) is 9.88. The summed E-state index contributed by atoms with van der Waals surface area (Å²) in [5.41, 5.74) is 0.887. The molecule has 0 aliphatic carbocycles. The van der Waals surface area contributed by atoms with Gasteiger partial charge in [0.2, 0.25) is 11.8 Å². The van der Waals surface area contributed by atoms with Crippen LogP contribution in [0.4, 0.5) is 0 Å². The predicted octanol–water partition coefficient (Wildman–Crippen LogP) is 4.05. The van der Waals surface area contributed by atoms with Crippen molar-refractivity contribution < 1.29 is 14.3 Å². The van der Waals surface area contributed by atoms with Crippen LogP contribution in [0.1, 0.15) is 32.3 Å². The Morgan fingerprint density at radius 2 is 1.89 bits per heavy atom. The normalized spacial score (nSPS) is 11.5. The molecule has 0 aliphatic rings. The third kappa shape index (κ3) is 6.89. The molecule has 0 saturated heterocycles. The molecule has 28 heavy (non-hydrogen) atoms. The number of halogens is 1. The van der Waals surface area contributed by atoms with Crippen LogP contribution in [0.3, 0.4) is 0 Å². The van der Waals surface area contributed by atoms with Gasteiger partial charge >= 0.3 is 0 Å². The highest BCUT2D eigenvalue weighted by Gasteiger charge is 2.25. The molecule has 0 fully saturated rings. The molecule has 0 bridgehead atoms. The number of amides is 2. The maximum Gasteiger partial charge on any atom is 0.242 e. The van der Waals surface area contributed by atoms with Gasteiger partial charge in [0.1, 0.15) is 11.8 Å². The van der Waals surface area contributed by atoms with E-state index < -0.39 is 6.04 Å². The largest absolute Gasteiger partial charge is 0.494 e. The second-order valence-corrected chi connectivity index (χ2v) is 6.92. The highest BCUT2D eigenvalue weighted by Crippen LogP contribution is 2.16. The zero-order valence-electron chi connectivity index (χ0n) is 16.4. The Kier molecular flexibility index (Phi) is 8.82. The quantitative estimate of drug-likeness (QED) is 0.610.